The van der Waals surface area contributed by atoms with Gasteiger partial charge in [-0.2, -0.15) is 0 Å². The highest BCUT2D eigenvalue weighted by Crippen LogP contribution is 2.40. The Labute approximate surface area is 197 Å². The second-order valence-electron chi connectivity index (χ2n) is 8.06. The highest BCUT2D eigenvalue weighted by molar-refractivity contribution is 6.30. The Hall–Kier alpha value is -2.22. The number of nitrogens with one attached hydrogen (secondary N) is 2. The molecule has 0 radical (unpaired) electrons. The highest BCUT2D eigenvalue weighted by atomic mass is 35.5. The number of nitrogens with zero attached hydrogens (tertiary/aromatic N) is 2. The summed E-state index contributed by atoms with van der Waals surface area (Å²) in [5.41, 5.74) is 0. The van der Waals surface area contributed by atoms with E-state index >= 15 is 4.39 Å². The molecule has 0 spiro atoms. The Morgan fingerprint density at radius 2 is 2.09 bits per heavy atom. The average molecular weight is 481 g/mol. The van der Waals surface area contributed by atoms with Crippen LogP contribution < -0.4 is 10.6 Å². The molecule has 2 aliphatic rings. The monoisotopic (exact) mass is 480 g/mol. The Balaban J connectivity index is 1.94. The third kappa shape index (κ3) is 6.40. The van der Waals surface area contributed by atoms with Gasteiger partial charge < -0.3 is 10.6 Å². The van der Waals surface area contributed by atoms with Crippen LogP contribution >= 0.6 is 23.2 Å². The molecule has 2 heterocycles. The van der Waals surface area contributed by atoms with Crippen LogP contribution in [0.25, 0.3) is 0 Å². The van der Waals surface area contributed by atoms with Gasteiger partial charge in [0.15, 0.2) is 0 Å². The largest absolute Gasteiger partial charge is 0.356 e. The quantitative estimate of drug-likeness (QED) is 0.408. The maximum atomic E-state index is 15.5. The van der Waals surface area contributed by atoms with Crippen LogP contribution in [0, 0.1) is 17.8 Å². The molecule has 1 aliphatic heterocycles. The van der Waals surface area contributed by atoms with Crippen molar-refractivity contribution in [3.05, 3.63) is 59.0 Å². The van der Waals surface area contributed by atoms with Crippen molar-refractivity contribution in [1.29, 1.82) is 0 Å². The molecule has 2 fully saturated rings. The summed E-state index contributed by atoms with van der Waals surface area (Å²) < 4.78 is 15.5. The van der Waals surface area contributed by atoms with Crippen LogP contribution in [-0.2, 0) is 9.59 Å². The SMILES string of the molecule is C=C(Cl)/C=C\C=C(/F)C1C(C(=O)Nc2cccc(Cl)n2)N(CC2CC2)C[C@H]1C(=O)NCC. The van der Waals surface area contributed by atoms with Crippen LogP contribution in [0.2, 0.25) is 5.15 Å². The van der Waals surface area contributed by atoms with E-state index in [0.717, 1.165) is 12.8 Å². The molecule has 3 atom stereocenters. The van der Waals surface area contributed by atoms with E-state index in [-0.39, 0.29) is 21.9 Å². The second-order valence-corrected chi connectivity index (χ2v) is 8.93. The zero-order valence-corrected chi connectivity index (χ0v) is 19.4. The van der Waals surface area contributed by atoms with Crippen LogP contribution in [0.5, 0.6) is 0 Å². The van der Waals surface area contributed by atoms with E-state index in [0.29, 0.717) is 25.6 Å². The van der Waals surface area contributed by atoms with Crippen LogP contribution in [-0.4, -0.2) is 47.4 Å². The molecular formula is C23H27Cl2FN4O2. The van der Waals surface area contributed by atoms with Crippen molar-refractivity contribution in [2.24, 2.45) is 17.8 Å². The number of hydrogen-bond acceptors (Lipinski definition) is 4. The van der Waals surface area contributed by atoms with E-state index in [1.165, 1.54) is 18.2 Å². The van der Waals surface area contributed by atoms with Gasteiger partial charge in [-0.25, -0.2) is 9.37 Å². The summed E-state index contributed by atoms with van der Waals surface area (Å²) in [6, 6.07) is 4.01. The number of likely N-dealkylation sites (tertiary alicyclic amines) is 1. The van der Waals surface area contributed by atoms with E-state index < -0.39 is 29.6 Å². The van der Waals surface area contributed by atoms with E-state index in [1.807, 2.05) is 4.90 Å². The average Bonchev–Trinajstić information content (AvgIpc) is 3.45. The van der Waals surface area contributed by atoms with E-state index in [1.54, 1.807) is 25.1 Å². The number of amides is 2. The van der Waals surface area contributed by atoms with Crippen LogP contribution in [0.3, 0.4) is 0 Å². The van der Waals surface area contributed by atoms with Gasteiger partial charge in [-0.05, 0) is 50.0 Å². The number of halogens is 3. The summed E-state index contributed by atoms with van der Waals surface area (Å²) >= 11 is 11.7. The molecule has 32 heavy (non-hydrogen) atoms. The lowest BCUT2D eigenvalue weighted by molar-refractivity contribution is -0.125. The summed E-state index contributed by atoms with van der Waals surface area (Å²) in [4.78, 5) is 32.2. The molecule has 1 saturated heterocycles. The molecular weight excluding hydrogens is 454 g/mol. The van der Waals surface area contributed by atoms with E-state index in [9.17, 15) is 9.59 Å². The number of aromatic nitrogens is 1. The third-order valence-electron chi connectivity index (χ3n) is 5.56. The molecule has 1 aromatic rings. The number of carbonyl (C=O) groups excluding carboxylic acids is 2. The molecule has 1 aliphatic carbocycles. The fraction of sp³-hybridized carbons (Fsp3) is 0.435. The Bertz CT molecular complexity index is 932. The number of allylic oxidation sites excluding steroid dienone is 4. The summed E-state index contributed by atoms with van der Waals surface area (Å²) in [5, 5.41) is 6.00. The maximum absolute atomic E-state index is 15.5. The van der Waals surface area contributed by atoms with Crippen LogP contribution in [0.4, 0.5) is 10.2 Å². The minimum atomic E-state index is -0.951. The first-order chi connectivity index (χ1) is 15.3. The van der Waals surface area contributed by atoms with Gasteiger partial charge in [0.2, 0.25) is 11.8 Å². The number of pyridine rings is 1. The molecule has 9 heteroatoms. The lowest BCUT2D eigenvalue weighted by atomic mass is 9.87. The Morgan fingerprint density at radius 3 is 2.72 bits per heavy atom. The van der Waals surface area contributed by atoms with Gasteiger partial charge >= 0.3 is 0 Å². The smallest absolute Gasteiger partial charge is 0.243 e. The van der Waals surface area contributed by atoms with Gasteiger partial charge in [0.25, 0.3) is 0 Å². The van der Waals surface area contributed by atoms with Crippen molar-refractivity contribution in [2.45, 2.75) is 25.8 Å². The highest BCUT2D eigenvalue weighted by Gasteiger charge is 2.51. The van der Waals surface area contributed by atoms with Gasteiger partial charge in [-0.15, -0.1) is 0 Å². The molecule has 0 bridgehead atoms. The predicted molar refractivity (Wildman–Crippen MR) is 125 cm³/mol. The molecule has 172 valence electrons. The molecule has 3 rings (SSSR count). The summed E-state index contributed by atoms with van der Waals surface area (Å²) in [6.07, 6.45) is 6.25. The first-order valence-electron chi connectivity index (χ1n) is 10.6. The fourth-order valence-corrected chi connectivity index (χ4v) is 4.24. The lowest BCUT2D eigenvalue weighted by Gasteiger charge is -2.26. The van der Waals surface area contributed by atoms with E-state index in [2.05, 4.69) is 22.2 Å². The van der Waals surface area contributed by atoms with Crippen LogP contribution in [0.1, 0.15) is 19.8 Å². The minimum absolute atomic E-state index is 0.235. The van der Waals surface area contributed by atoms with Gasteiger partial charge in [-0.1, -0.05) is 41.9 Å². The normalized spacial score (nSPS) is 24.0. The first-order valence-corrected chi connectivity index (χ1v) is 11.4. The second kappa shape index (κ2) is 11.1. The molecule has 1 aromatic heterocycles. The van der Waals surface area contributed by atoms with Crippen molar-refractivity contribution >= 4 is 40.8 Å². The zero-order chi connectivity index (χ0) is 23.3. The molecule has 2 amide bonds. The van der Waals surface area contributed by atoms with Crippen LogP contribution in [0.15, 0.2) is 53.9 Å². The van der Waals surface area contributed by atoms with Crippen molar-refractivity contribution in [3.63, 3.8) is 0 Å². The number of rotatable bonds is 9. The van der Waals surface area contributed by atoms with Crippen molar-refractivity contribution in [2.75, 3.05) is 25.0 Å². The van der Waals surface area contributed by atoms with E-state index in [4.69, 9.17) is 23.2 Å². The van der Waals surface area contributed by atoms with Gasteiger partial charge in [0.1, 0.15) is 16.8 Å². The topological polar surface area (TPSA) is 74.3 Å². The maximum Gasteiger partial charge on any atom is 0.243 e. The summed E-state index contributed by atoms with van der Waals surface area (Å²) in [6.45, 7) is 6.69. The minimum Gasteiger partial charge on any atom is -0.356 e. The van der Waals surface area contributed by atoms with Gasteiger partial charge in [0, 0.05) is 30.6 Å². The fourth-order valence-electron chi connectivity index (χ4n) is 4.00. The molecule has 0 aromatic carbocycles. The predicted octanol–water partition coefficient (Wildman–Crippen LogP) is 4.30. The molecule has 6 nitrogen and oxygen atoms in total. The lowest BCUT2D eigenvalue weighted by Crippen LogP contribution is -2.44. The number of carbonyl (C=O) groups is 2. The zero-order valence-electron chi connectivity index (χ0n) is 17.9. The van der Waals surface area contributed by atoms with Crippen molar-refractivity contribution in [1.82, 2.24) is 15.2 Å². The molecule has 2 N–H and O–H groups in total. The molecule has 1 saturated carbocycles. The third-order valence-corrected chi connectivity index (χ3v) is 5.90. The summed E-state index contributed by atoms with van der Waals surface area (Å²) in [5.74, 6) is -2.19. The van der Waals surface area contributed by atoms with Crippen molar-refractivity contribution in [3.8, 4) is 0 Å². The standard InChI is InChI=1S/C23H27Cl2FN4O2/c1-3-27-22(31)16-13-30(12-15-10-11-15)21(20(16)17(26)7-4-6-14(2)24)23(32)29-19-9-5-8-18(25)28-19/h4-9,15-16,20-21H,2-3,10-13H2,1H3,(H,27,31)(H,28,29,32)/b6-4-,17-7-/t16-,20?,21?/m1/s1. The van der Waals surface area contributed by atoms with Crippen molar-refractivity contribution < 1.29 is 14.0 Å². The molecule has 2 unspecified atom stereocenters. The summed E-state index contributed by atoms with van der Waals surface area (Å²) in [7, 11) is 0. The number of hydrogen-bond donors (Lipinski definition) is 2. The Kier molecular flexibility index (Phi) is 8.45. The number of anilines is 1. The van der Waals surface area contributed by atoms with Gasteiger partial charge in [0.05, 0.1) is 12.0 Å². The Morgan fingerprint density at radius 1 is 1.34 bits per heavy atom. The van der Waals surface area contributed by atoms with Gasteiger partial charge in [-0.3, -0.25) is 14.5 Å². The first kappa shape index (κ1) is 24.4.